The van der Waals surface area contributed by atoms with Gasteiger partial charge in [-0.15, -0.1) is 12.4 Å². The largest absolute Gasteiger partial charge is 0.320 e. The number of rotatable bonds is 0. The van der Waals surface area contributed by atoms with E-state index in [0.717, 1.165) is 0 Å². The van der Waals surface area contributed by atoms with Crippen LogP contribution in [0.4, 0.5) is 0 Å². The lowest BCUT2D eigenvalue weighted by Crippen LogP contribution is -2.31. The van der Waals surface area contributed by atoms with Crippen LogP contribution < -0.4 is 5.73 Å². The van der Waals surface area contributed by atoms with Gasteiger partial charge in [0.05, 0.1) is 12.6 Å². The van der Waals surface area contributed by atoms with Crippen molar-refractivity contribution in [1.82, 2.24) is 5.06 Å². The molecule has 0 bridgehead atoms. The van der Waals surface area contributed by atoms with Gasteiger partial charge in [0.25, 0.3) is 5.91 Å². The fourth-order valence-electron chi connectivity index (χ4n) is 0.686. The summed E-state index contributed by atoms with van der Waals surface area (Å²) in [5.41, 5.74) is 5.22. The smallest absolute Gasteiger partial charge is 0.262 e. The molecule has 4 nitrogen and oxygen atoms in total. The van der Waals surface area contributed by atoms with Crippen molar-refractivity contribution in [3.63, 3.8) is 0 Å². The molecule has 1 unspecified atom stereocenters. The van der Waals surface area contributed by atoms with Gasteiger partial charge in [0, 0.05) is 0 Å². The molecule has 1 saturated heterocycles. The van der Waals surface area contributed by atoms with Crippen molar-refractivity contribution in [2.75, 3.05) is 6.54 Å². The SMILES string of the molecule is Cl.NC1CCN(O)C1=O. The Morgan fingerprint density at radius 3 is 2.44 bits per heavy atom. The lowest BCUT2D eigenvalue weighted by atomic mass is 10.3. The molecule has 1 rings (SSSR count). The van der Waals surface area contributed by atoms with E-state index in [1.54, 1.807) is 0 Å². The number of hydroxylamine groups is 2. The fraction of sp³-hybridized carbons (Fsp3) is 0.750. The van der Waals surface area contributed by atoms with Crippen molar-refractivity contribution in [2.24, 2.45) is 5.73 Å². The van der Waals surface area contributed by atoms with E-state index in [2.05, 4.69) is 0 Å². The van der Waals surface area contributed by atoms with Crippen LogP contribution in [0.1, 0.15) is 6.42 Å². The summed E-state index contributed by atoms with van der Waals surface area (Å²) in [5.74, 6) is -0.370. The summed E-state index contributed by atoms with van der Waals surface area (Å²) in [6, 6.07) is -0.472. The Labute approximate surface area is 59.0 Å². The molecular weight excluding hydrogens is 144 g/mol. The highest BCUT2D eigenvalue weighted by atomic mass is 35.5. The van der Waals surface area contributed by atoms with Crippen molar-refractivity contribution < 1.29 is 10.0 Å². The number of nitrogens with zero attached hydrogens (tertiary/aromatic N) is 1. The van der Waals surface area contributed by atoms with Crippen LogP contribution in [-0.4, -0.2) is 28.8 Å². The Balaban J connectivity index is 0.000000640. The van der Waals surface area contributed by atoms with Crippen LogP contribution in [0.5, 0.6) is 0 Å². The molecule has 1 heterocycles. The quantitative estimate of drug-likeness (QED) is 0.454. The molecule has 1 aliphatic rings. The maximum Gasteiger partial charge on any atom is 0.262 e. The highest BCUT2D eigenvalue weighted by molar-refractivity contribution is 5.85. The van der Waals surface area contributed by atoms with Crippen LogP contribution in [-0.2, 0) is 4.79 Å². The minimum Gasteiger partial charge on any atom is -0.320 e. The normalized spacial score (nSPS) is 26.2. The zero-order chi connectivity index (χ0) is 6.15. The Hall–Kier alpha value is -0.320. The number of halogens is 1. The van der Waals surface area contributed by atoms with Crippen LogP contribution in [0.25, 0.3) is 0 Å². The minimum absolute atomic E-state index is 0. The Morgan fingerprint density at radius 1 is 1.78 bits per heavy atom. The zero-order valence-electron chi connectivity index (χ0n) is 4.78. The molecule has 1 aliphatic heterocycles. The summed E-state index contributed by atoms with van der Waals surface area (Å²) >= 11 is 0. The fourth-order valence-corrected chi connectivity index (χ4v) is 0.686. The van der Waals surface area contributed by atoms with E-state index < -0.39 is 6.04 Å². The van der Waals surface area contributed by atoms with E-state index >= 15 is 0 Å². The summed E-state index contributed by atoms with van der Waals surface area (Å²) in [4.78, 5) is 10.5. The van der Waals surface area contributed by atoms with E-state index in [1.807, 2.05) is 0 Å². The van der Waals surface area contributed by atoms with Gasteiger partial charge in [-0.2, -0.15) is 0 Å². The first-order valence-corrected chi connectivity index (χ1v) is 2.47. The molecular formula is C4H9ClN2O2. The number of amides is 1. The molecule has 1 amide bonds. The minimum atomic E-state index is -0.472. The van der Waals surface area contributed by atoms with Crippen molar-refractivity contribution in [2.45, 2.75) is 12.5 Å². The number of hydrogen-bond donors (Lipinski definition) is 2. The van der Waals surface area contributed by atoms with E-state index in [-0.39, 0.29) is 18.3 Å². The van der Waals surface area contributed by atoms with Crippen molar-refractivity contribution in [1.29, 1.82) is 0 Å². The van der Waals surface area contributed by atoms with Crippen LogP contribution in [0.15, 0.2) is 0 Å². The maximum atomic E-state index is 10.5. The second kappa shape index (κ2) is 3.00. The highest BCUT2D eigenvalue weighted by Gasteiger charge is 2.26. The van der Waals surface area contributed by atoms with Crippen LogP contribution in [0, 0.1) is 0 Å². The molecule has 0 spiro atoms. The third kappa shape index (κ3) is 1.54. The van der Waals surface area contributed by atoms with Crippen LogP contribution in [0.2, 0.25) is 0 Å². The average molecular weight is 153 g/mol. The van der Waals surface area contributed by atoms with Crippen molar-refractivity contribution in [3.8, 4) is 0 Å². The summed E-state index contributed by atoms with van der Waals surface area (Å²) in [6.45, 7) is 0.375. The first kappa shape index (κ1) is 8.68. The summed E-state index contributed by atoms with van der Waals surface area (Å²) in [6.07, 6.45) is 0.565. The van der Waals surface area contributed by atoms with Gasteiger partial charge in [-0.3, -0.25) is 10.0 Å². The predicted molar refractivity (Wildman–Crippen MR) is 33.3 cm³/mol. The molecule has 0 radical (unpaired) electrons. The predicted octanol–water partition coefficient (Wildman–Crippen LogP) is -0.643. The number of carbonyl (C=O) groups is 1. The molecule has 0 aromatic heterocycles. The van der Waals surface area contributed by atoms with Gasteiger partial charge in [0.15, 0.2) is 0 Å². The summed E-state index contributed by atoms with van der Waals surface area (Å²) < 4.78 is 0. The van der Waals surface area contributed by atoms with Crippen molar-refractivity contribution in [3.05, 3.63) is 0 Å². The van der Waals surface area contributed by atoms with E-state index in [9.17, 15) is 4.79 Å². The van der Waals surface area contributed by atoms with Gasteiger partial charge in [-0.25, -0.2) is 5.06 Å². The van der Waals surface area contributed by atoms with Gasteiger partial charge >= 0.3 is 0 Å². The Kier molecular flexibility index (Phi) is 2.90. The van der Waals surface area contributed by atoms with Crippen LogP contribution in [0.3, 0.4) is 0 Å². The Morgan fingerprint density at radius 2 is 2.33 bits per heavy atom. The molecule has 3 N–H and O–H groups in total. The topological polar surface area (TPSA) is 66.6 Å². The van der Waals surface area contributed by atoms with Gasteiger partial charge < -0.3 is 5.73 Å². The molecule has 0 aromatic carbocycles. The molecule has 54 valence electrons. The third-order valence-electron chi connectivity index (χ3n) is 1.22. The second-order valence-corrected chi connectivity index (χ2v) is 1.86. The number of carbonyl (C=O) groups excluding carboxylic acids is 1. The average Bonchev–Trinajstić information content (AvgIpc) is 1.98. The molecule has 0 aromatic rings. The first-order valence-electron chi connectivity index (χ1n) is 2.47. The van der Waals surface area contributed by atoms with E-state index in [1.165, 1.54) is 0 Å². The summed E-state index contributed by atoms with van der Waals surface area (Å²) in [5, 5.41) is 9.23. The zero-order valence-corrected chi connectivity index (χ0v) is 5.60. The lowest BCUT2D eigenvalue weighted by Gasteiger charge is -2.02. The standard InChI is InChI=1S/C4H8N2O2.ClH/c5-3-1-2-6(8)4(3)7;/h3,8H,1-2,5H2;1H. The number of hydrogen-bond acceptors (Lipinski definition) is 3. The Bertz CT molecular complexity index is 107. The first-order chi connectivity index (χ1) is 3.72. The monoisotopic (exact) mass is 152 g/mol. The van der Waals surface area contributed by atoms with Gasteiger partial charge in [0.1, 0.15) is 0 Å². The molecule has 0 saturated carbocycles. The highest BCUT2D eigenvalue weighted by Crippen LogP contribution is 2.04. The van der Waals surface area contributed by atoms with Crippen LogP contribution >= 0.6 is 12.4 Å². The van der Waals surface area contributed by atoms with E-state index in [0.29, 0.717) is 18.0 Å². The van der Waals surface area contributed by atoms with Gasteiger partial charge in [-0.1, -0.05) is 0 Å². The molecule has 5 heteroatoms. The molecule has 1 fully saturated rings. The van der Waals surface area contributed by atoms with Crippen molar-refractivity contribution >= 4 is 18.3 Å². The molecule has 9 heavy (non-hydrogen) atoms. The van der Waals surface area contributed by atoms with Gasteiger partial charge in [-0.05, 0) is 6.42 Å². The van der Waals surface area contributed by atoms with E-state index in [4.69, 9.17) is 10.9 Å². The molecule has 0 aliphatic carbocycles. The summed E-state index contributed by atoms with van der Waals surface area (Å²) in [7, 11) is 0. The maximum absolute atomic E-state index is 10.5. The molecule has 1 atom stereocenters. The second-order valence-electron chi connectivity index (χ2n) is 1.86. The number of nitrogens with two attached hydrogens (primary N) is 1. The third-order valence-corrected chi connectivity index (χ3v) is 1.22. The van der Waals surface area contributed by atoms with Gasteiger partial charge in [0.2, 0.25) is 0 Å². The lowest BCUT2D eigenvalue weighted by molar-refractivity contribution is -0.157.